The molecule has 1 nitrogen and oxygen atoms in total. The Morgan fingerprint density at radius 3 is 2.29 bits per heavy atom. The van der Waals surface area contributed by atoms with Crippen molar-refractivity contribution in [2.24, 2.45) is 0 Å². The van der Waals surface area contributed by atoms with Crippen molar-refractivity contribution in [3.05, 3.63) is 56.8 Å². The van der Waals surface area contributed by atoms with E-state index in [9.17, 15) is 9.50 Å². The van der Waals surface area contributed by atoms with Gasteiger partial charge in [-0.1, -0.05) is 60.7 Å². The second-order valence-corrected chi connectivity index (χ2v) is 6.08. The van der Waals surface area contributed by atoms with Gasteiger partial charge in [0, 0.05) is 22.0 Å². The predicted octanol–water partition coefficient (Wildman–Crippen LogP) is 4.35. The summed E-state index contributed by atoms with van der Waals surface area (Å²) in [7, 11) is 5.66. The Balaban J connectivity index is 2.48. The number of benzene rings is 2. The van der Waals surface area contributed by atoms with Crippen LogP contribution in [0.15, 0.2) is 24.3 Å². The molecule has 0 aliphatic rings. The molecule has 0 saturated heterocycles. The van der Waals surface area contributed by atoms with Gasteiger partial charge in [0.05, 0.1) is 0 Å². The minimum absolute atomic E-state index is 0.0410. The number of hydrogen-bond acceptors (Lipinski definition) is 1. The fourth-order valence-corrected chi connectivity index (χ4v) is 2.93. The molecule has 21 heavy (non-hydrogen) atoms. The van der Waals surface area contributed by atoms with Crippen LogP contribution in [0.25, 0.3) is 0 Å². The van der Waals surface area contributed by atoms with Crippen LogP contribution in [0, 0.1) is 5.82 Å². The SMILES string of the molecule is [B]c1cc(Cl)c(Cc2ccc(O)c(C(C)C)c2F)c(Cl)c1. The molecule has 0 atom stereocenters. The molecule has 0 bridgehead atoms. The first-order chi connectivity index (χ1) is 9.81. The van der Waals surface area contributed by atoms with Gasteiger partial charge in [-0.2, -0.15) is 0 Å². The lowest BCUT2D eigenvalue weighted by Gasteiger charge is -2.14. The predicted molar refractivity (Wildman–Crippen MR) is 86.8 cm³/mol. The van der Waals surface area contributed by atoms with Crippen LogP contribution in [0.3, 0.4) is 0 Å². The summed E-state index contributed by atoms with van der Waals surface area (Å²) >= 11 is 12.3. The lowest BCUT2D eigenvalue weighted by molar-refractivity contribution is 0.452. The van der Waals surface area contributed by atoms with Crippen LogP contribution in [-0.2, 0) is 6.42 Å². The molecule has 0 aliphatic heterocycles. The second-order valence-electron chi connectivity index (χ2n) is 5.27. The fraction of sp³-hybridized carbons (Fsp3) is 0.250. The highest BCUT2D eigenvalue weighted by molar-refractivity contribution is 6.40. The van der Waals surface area contributed by atoms with Gasteiger partial charge >= 0.3 is 0 Å². The smallest absolute Gasteiger partial charge is 0.133 e. The molecule has 0 fully saturated rings. The number of phenolic OH excluding ortho intramolecular Hbond substituents is 1. The largest absolute Gasteiger partial charge is 0.508 e. The van der Waals surface area contributed by atoms with Crippen molar-refractivity contribution in [3.63, 3.8) is 0 Å². The Hall–Kier alpha value is -1.19. The molecule has 0 unspecified atom stereocenters. The summed E-state index contributed by atoms with van der Waals surface area (Å²) in [6, 6.07) is 6.21. The Bertz CT molecular complexity index is 663. The van der Waals surface area contributed by atoms with Crippen molar-refractivity contribution in [3.8, 4) is 5.75 Å². The van der Waals surface area contributed by atoms with E-state index in [0.717, 1.165) is 0 Å². The lowest BCUT2D eigenvalue weighted by Crippen LogP contribution is -2.06. The van der Waals surface area contributed by atoms with E-state index in [-0.39, 0.29) is 18.1 Å². The summed E-state index contributed by atoms with van der Waals surface area (Å²) < 4.78 is 14.5. The van der Waals surface area contributed by atoms with E-state index in [1.54, 1.807) is 18.2 Å². The monoisotopic (exact) mass is 322 g/mol. The van der Waals surface area contributed by atoms with Crippen LogP contribution in [0.4, 0.5) is 4.39 Å². The summed E-state index contributed by atoms with van der Waals surface area (Å²) in [5.41, 5.74) is 1.81. The first-order valence-electron chi connectivity index (χ1n) is 6.55. The van der Waals surface area contributed by atoms with Crippen LogP contribution >= 0.6 is 23.2 Å². The molecule has 108 valence electrons. The first-order valence-corrected chi connectivity index (χ1v) is 7.30. The molecule has 0 aliphatic carbocycles. The summed E-state index contributed by atoms with van der Waals surface area (Å²) in [6.45, 7) is 3.65. The molecule has 2 aromatic carbocycles. The van der Waals surface area contributed by atoms with Crippen LogP contribution < -0.4 is 5.46 Å². The molecule has 1 N–H and O–H groups in total. The topological polar surface area (TPSA) is 20.2 Å². The van der Waals surface area contributed by atoms with Crippen molar-refractivity contribution in [2.75, 3.05) is 0 Å². The number of rotatable bonds is 3. The van der Waals surface area contributed by atoms with Gasteiger partial charge in [0.1, 0.15) is 19.4 Å². The average Bonchev–Trinajstić information content (AvgIpc) is 2.35. The van der Waals surface area contributed by atoms with Gasteiger partial charge in [0.25, 0.3) is 0 Å². The number of aromatic hydroxyl groups is 1. The molecule has 2 radical (unpaired) electrons. The minimum atomic E-state index is -0.422. The third-order valence-corrected chi connectivity index (χ3v) is 4.02. The molecule has 0 saturated carbocycles. The lowest BCUT2D eigenvalue weighted by atomic mass is 9.92. The molecule has 0 heterocycles. The van der Waals surface area contributed by atoms with Crippen molar-refractivity contribution in [2.45, 2.75) is 26.2 Å². The maximum absolute atomic E-state index is 14.5. The molecule has 5 heteroatoms. The number of phenols is 1. The van der Waals surface area contributed by atoms with Crippen molar-refractivity contribution in [1.29, 1.82) is 0 Å². The van der Waals surface area contributed by atoms with Crippen molar-refractivity contribution in [1.82, 2.24) is 0 Å². The van der Waals surface area contributed by atoms with Gasteiger partial charge in [0.2, 0.25) is 0 Å². The van der Waals surface area contributed by atoms with E-state index in [1.165, 1.54) is 6.07 Å². The van der Waals surface area contributed by atoms with Gasteiger partial charge in [-0.3, -0.25) is 0 Å². The van der Waals surface area contributed by atoms with Gasteiger partial charge in [0.15, 0.2) is 0 Å². The summed E-state index contributed by atoms with van der Waals surface area (Å²) in [4.78, 5) is 0. The molecule has 2 rings (SSSR count). The van der Waals surface area contributed by atoms with E-state index in [1.807, 2.05) is 13.8 Å². The maximum atomic E-state index is 14.5. The van der Waals surface area contributed by atoms with Crippen molar-refractivity contribution < 1.29 is 9.50 Å². The molecule has 0 spiro atoms. The highest BCUT2D eigenvalue weighted by atomic mass is 35.5. The Labute approximate surface area is 135 Å². The highest BCUT2D eigenvalue weighted by Gasteiger charge is 2.18. The quantitative estimate of drug-likeness (QED) is 0.833. The molecule has 0 aromatic heterocycles. The summed E-state index contributed by atoms with van der Waals surface area (Å²) in [6.07, 6.45) is 0.240. The van der Waals surface area contributed by atoms with Crippen LogP contribution in [0.1, 0.15) is 36.5 Å². The van der Waals surface area contributed by atoms with E-state index in [4.69, 9.17) is 31.0 Å². The zero-order valence-electron chi connectivity index (χ0n) is 11.8. The second kappa shape index (κ2) is 6.29. The zero-order chi connectivity index (χ0) is 15.7. The van der Waals surface area contributed by atoms with Gasteiger partial charge in [-0.25, -0.2) is 4.39 Å². The standard InChI is InChI=1S/C16H14BCl2FO/c1-8(2)15-14(21)4-3-9(16(15)20)5-11-12(18)6-10(17)7-13(11)19/h3-4,6-8,21H,5H2,1-2H3. The average molecular weight is 323 g/mol. The maximum Gasteiger partial charge on any atom is 0.133 e. The van der Waals surface area contributed by atoms with Crippen LogP contribution in [0.2, 0.25) is 10.0 Å². The number of halogens is 3. The highest BCUT2D eigenvalue weighted by Crippen LogP contribution is 2.33. The van der Waals surface area contributed by atoms with E-state index in [0.29, 0.717) is 32.2 Å². The minimum Gasteiger partial charge on any atom is -0.508 e. The normalized spacial score (nSPS) is 11.1. The Morgan fingerprint density at radius 1 is 1.19 bits per heavy atom. The summed E-state index contributed by atoms with van der Waals surface area (Å²) in [5, 5.41) is 10.6. The Morgan fingerprint density at radius 2 is 1.76 bits per heavy atom. The van der Waals surface area contributed by atoms with E-state index in [2.05, 4.69) is 0 Å². The number of hydrogen-bond donors (Lipinski definition) is 1. The van der Waals surface area contributed by atoms with Crippen LogP contribution in [-0.4, -0.2) is 13.0 Å². The van der Waals surface area contributed by atoms with Gasteiger partial charge < -0.3 is 5.11 Å². The van der Waals surface area contributed by atoms with E-state index < -0.39 is 5.82 Å². The third-order valence-electron chi connectivity index (χ3n) is 3.34. The molecule has 0 amide bonds. The van der Waals surface area contributed by atoms with E-state index >= 15 is 0 Å². The fourth-order valence-electron chi connectivity index (χ4n) is 2.30. The molecular formula is C16H14BCl2FO. The molecular weight excluding hydrogens is 309 g/mol. The van der Waals surface area contributed by atoms with Crippen LogP contribution in [0.5, 0.6) is 5.75 Å². The molecule has 2 aromatic rings. The van der Waals surface area contributed by atoms with Gasteiger partial charge in [-0.05, 0) is 23.1 Å². The van der Waals surface area contributed by atoms with Gasteiger partial charge in [-0.15, -0.1) is 0 Å². The first kappa shape index (κ1) is 16.2. The van der Waals surface area contributed by atoms with Crippen molar-refractivity contribution >= 4 is 36.5 Å². The Kier molecular flexibility index (Phi) is 4.85. The summed E-state index contributed by atoms with van der Waals surface area (Å²) in [5.74, 6) is -0.586. The third kappa shape index (κ3) is 3.36. The zero-order valence-corrected chi connectivity index (χ0v) is 13.3.